The normalized spacial score (nSPS) is 12.1. The van der Waals surface area contributed by atoms with Gasteiger partial charge in [0.15, 0.2) is 0 Å². The maximum atomic E-state index is 11.5. The van der Waals surface area contributed by atoms with Crippen LogP contribution >= 0.6 is 11.6 Å². The Kier molecular flexibility index (Phi) is 5.44. The van der Waals surface area contributed by atoms with E-state index in [1.807, 2.05) is 18.9 Å². The summed E-state index contributed by atoms with van der Waals surface area (Å²) in [6.45, 7) is 2.37. The van der Waals surface area contributed by atoms with Crippen molar-refractivity contribution in [2.24, 2.45) is 5.92 Å². The molecule has 0 fully saturated rings. The molecule has 0 spiro atoms. The number of benzene rings is 1. The van der Waals surface area contributed by atoms with Gasteiger partial charge in [0.2, 0.25) is 5.91 Å². The van der Waals surface area contributed by atoms with E-state index in [-0.39, 0.29) is 18.4 Å². The Labute approximate surface area is 113 Å². The third-order valence-electron chi connectivity index (χ3n) is 2.87. The molecule has 1 aromatic carbocycles. The quantitative estimate of drug-likeness (QED) is 0.855. The fourth-order valence-electron chi connectivity index (χ4n) is 1.86. The number of nitrogens with zero attached hydrogens (tertiary/aromatic N) is 1. The van der Waals surface area contributed by atoms with Crippen LogP contribution in [-0.2, 0) is 11.4 Å². The van der Waals surface area contributed by atoms with E-state index in [0.29, 0.717) is 11.6 Å². The number of aliphatic hydroxyl groups excluding tert-OH is 1. The molecule has 0 aliphatic rings. The Bertz CT molecular complexity index is 423. The van der Waals surface area contributed by atoms with Crippen LogP contribution < -0.4 is 10.2 Å². The monoisotopic (exact) mass is 270 g/mol. The molecule has 0 bridgehead atoms. The van der Waals surface area contributed by atoms with E-state index >= 15 is 0 Å². The average Bonchev–Trinajstić information content (AvgIpc) is 2.37. The van der Waals surface area contributed by atoms with Gasteiger partial charge in [-0.2, -0.15) is 0 Å². The molecule has 0 heterocycles. The number of aliphatic hydroxyl groups is 1. The minimum Gasteiger partial charge on any atom is -0.392 e. The molecule has 0 saturated carbocycles. The van der Waals surface area contributed by atoms with Crippen LogP contribution in [0.5, 0.6) is 0 Å². The first-order valence-corrected chi connectivity index (χ1v) is 6.19. The largest absolute Gasteiger partial charge is 0.392 e. The highest BCUT2D eigenvalue weighted by Gasteiger charge is 2.15. The van der Waals surface area contributed by atoms with Crippen molar-refractivity contribution in [3.63, 3.8) is 0 Å². The van der Waals surface area contributed by atoms with Gasteiger partial charge in [-0.15, -0.1) is 0 Å². The van der Waals surface area contributed by atoms with Gasteiger partial charge >= 0.3 is 0 Å². The molecule has 100 valence electrons. The number of hydrogen-bond donors (Lipinski definition) is 2. The van der Waals surface area contributed by atoms with Crippen LogP contribution in [0.15, 0.2) is 18.2 Å². The summed E-state index contributed by atoms with van der Waals surface area (Å²) in [6.07, 6.45) is 0. The molecular weight excluding hydrogens is 252 g/mol. The average molecular weight is 271 g/mol. The Morgan fingerprint density at radius 1 is 1.56 bits per heavy atom. The predicted octanol–water partition coefficient (Wildman–Crippen LogP) is 1.65. The summed E-state index contributed by atoms with van der Waals surface area (Å²) >= 11 is 5.96. The Hall–Kier alpha value is -1.26. The second kappa shape index (κ2) is 6.61. The maximum Gasteiger partial charge on any atom is 0.224 e. The zero-order valence-electron chi connectivity index (χ0n) is 10.9. The zero-order valence-corrected chi connectivity index (χ0v) is 11.7. The Morgan fingerprint density at radius 2 is 2.22 bits per heavy atom. The van der Waals surface area contributed by atoms with E-state index in [9.17, 15) is 9.90 Å². The number of hydrogen-bond acceptors (Lipinski definition) is 3. The molecule has 18 heavy (non-hydrogen) atoms. The second-order valence-electron chi connectivity index (χ2n) is 4.33. The van der Waals surface area contributed by atoms with Crippen molar-refractivity contribution < 1.29 is 9.90 Å². The van der Waals surface area contributed by atoms with Gasteiger partial charge in [0.1, 0.15) is 0 Å². The SMILES string of the molecule is CNC(=O)C(C)CN(C)c1cc(Cl)ccc1CO. The van der Waals surface area contributed by atoms with Gasteiger partial charge in [-0.25, -0.2) is 0 Å². The van der Waals surface area contributed by atoms with Crippen LogP contribution in [0.2, 0.25) is 5.02 Å². The molecule has 0 aliphatic heterocycles. The lowest BCUT2D eigenvalue weighted by Crippen LogP contribution is -2.34. The number of carbonyl (C=O) groups excluding carboxylic acids is 1. The molecule has 1 unspecified atom stereocenters. The van der Waals surface area contributed by atoms with Gasteiger partial charge in [-0.1, -0.05) is 24.6 Å². The summed E-state index contributed by atoms with van der Waals surface area (Å²) in [4.78, 5) is 13.4. The van der Waals surface area contributed by atoms with Crippen LogP contribution in [0.4, 0.5) is 5.69 Å². The van der Waals surface area contributed by atoms with Gasteiger partial charge in [-0.3, -0.25) is 4.79 Å². The molecular formula is C13H19ClN2O2. The Morgan fingerprint density at radius 3 is 2.78 bits per heavy atom. The van der Waals surface area contributed by atoms with Gasteiger partial charge < -0.3 is 15.3 Å². The van der Waals surface area contributed by atoms with E-state index in [1.54, 1.807) is 25.2 Å². The van der Waals surface area contributed by atoms with Gasteiger partial charge in [0, 0.05) is 36.9 Å². The van der Waals surface area contributed by atoms with Crippen molar-refractivity contribution in [3.8, 4) is 0 Å². The molecule has 5 heteroatoms. The maximum absolute atomic E-state index is 11.5. The molecule has 1 aromatic rings. The van der Waals surface area contributed by atoms with Crippen LogP contribution in [-0.4, -0.2) is 31.7 Å². The first-order chi connectivity index (χ1) is 8.49. The topological polar surface area (TPSA) is 52.6 Å². The molecule has 0 radical (unpaired) electrons. The molecule has 2 N–H and O–H groups in total. The predicted molar refractivity (Wildman–Crippen MR) is 73.9 cm³/mol. The third-order valence-corrected chi connectivity index (χ3v) is 3.11. The lowest BCUT2D eigenvalue weighted by molar-refractivity contribution is -0.123. The van der Waals surface area contributed by atoms with Gasteiger partial charge in [0.05, 0.1) is 12.5 Å². The van der Waals surface area contributed by atoms with Crippen LogP contribution in [0.3, 0.4) is 0 Å². The molecule has 1 amide bonds. The smallest absolute Gasteiger partial charge is 0.224 e. The van der Waals surface area contributed by atoms with Crippen molar-refractivity contribution >= 4 is 23.2 Å². The van der Waals surface area contributed by atoms with Crippen molar-refractivity contribution in [3.05, 3.63) is 28.8 Å². The number of halogens is 1. The number of anilines is 1. The van der Waals surface area contributed by atoms with Gasteiger partial charge in [-0.05, 0) is 12.1 Å². The lowest BCUT2D eigenvalue weighted by Gasteiger charge is -2.25. The number of carbonyl (C=O) groups is 1. The summed E-state index contributed by atoms with van der Waals surface area (Å²) in [6, 6.07) is 5.33. The van der Waals surface area contributed by atoms with E-state index < -0.39 is 0 Å². The summed E-state index contributed by atoms with van der Waals surface area (Å²) in [5.41, 5.74) is 1.65. The van der Waals surface area contributed by atoms with Gasteiger partial charge in [0.25, 0.3) is 0 Å². The first-order valence-electron chi connectivity index (χ1n) is 5.81. The minimum atomic E-state index is -0.134. The highest BCUT2D eigenvalue weighted by atomic mass is 35.5. The van der Waals surface area contributed by atoms with Crippen LogP contribution in [0.25, 0.3) is 0 Å². The summed E-state index contributed by atoms with van der Waals surface area (Å²) in [7, 11) is 3.50. The van der Waals surface area contributed by atoms with E-state index in [1.165, 1.54) is 0 Å². The first kappa shape index (κ1) is 14.8. The highest BCUT2D eigenvalue weighted by Crippen LogP contribution is 2.24. The van der Waals surface area contributed by atoms with E-state index in [0.717, 1.165) is 11.3 Å². The van der Waals surface area contributed by atoms with Crippen LogP contribution in [0, 0.1) is 5.92 Å². The van der Waals surface area contributed by atoms with Crippen molar-refractivity contribution in [1.29, 1.82) is 0 Å². The minimum absolute atomic E-state index is 0.00516. The number of nitrogens with one attached hydrogen (secondary N) is 1. The second-order valence-corrected chi connectivity index (χ2v) is 4.76. The summed E-state index contributed by atoms with van der Waals surface area (Å²) < 4.78 is 0. The van der Waals surface area contributed by atoms with Crippen LogP contribution in [0.1, 0.15) is 12.5 Å². The highest BCUT2D eigenvalue weighted by molar-refractivity contribution is 6.30. The molecule has 0 aliphatic carbocycles. The number of rotatable bonds is 5. The number of amides is 1. The molecule has 1 atom stereocenters. The Balaban J connectivity index is 2.86. The summed E-state index contributed by atoms with van der Waals surface area (Å²) in [5.74, 6) is -0.139. The fraction of sp³-hybridized carbons (Fsp3) is 0.462. The summed E-state index contributed by atoms with van der Waals surface area (Å²) in [5, 5.41) is 12.5. The third kappa shape index (κ3) is 3.62. The molecule has 0 saturated heterocycles. The van der Waals surface area contributed by atoms with Crippen molar-refractivity contribution in [2.45, 2.75) is 13.5 Å². The standard InChI is InChI=1S/C13H19ClN2O2/c1-9(13(18)15-2)7-16(3)12-6-11(14)5-4-10(12)8-17/h4-6,9,17H,7-8H2,1-3H3,(H,15,18). The lowest BCUT2D eigenvalue weighted by atomic mass is 10.1. The zero-order chi connectivity index (χ0) is 13.7. The molecule has 1 rings (SSSR count). The van der Waals surface area contributed by atoms with E-state index in [4.69, 9.17) is 11.6 Å². The fourth-order valence-corrected chi connectivity index (χ4v) is 2.03. The van der Waals surface area contributed by atoms with E-state index in [2.05, 4.69) is 5.32 Å². The molecule has 4 nitrogen and oxygen atoms in total. The molecule has 0 aromatic heterocycles. The van der Waals surface area contributed by atoms with Crippen molar-refractivity contribution in [1.82, 2.24) is 5.32 Å². The van der Waals surface area contributed by atoms with Crippen molar-refractivity contribution in [2.75, 3.05) is 25.5 Å².